The van der Waals surface area contributed by atoms with Crippen molar-refractivity contribution >= 4 is 44.5 Å². The van der Waals surface area contributed by atoms with E-state index in [0.717, 1.165) is 21.6 Å². The maximum Gasteiger partial charge on any atom is 0.135 e. The Hall–Kier alpha value is -1.66. The van der Waals surface area contributed by atoms with Crippen LogP contribution >= 0.6 is 28.1 Å². The topological polar surface area (TPSA) is 60.2 Å². The van der Waals surface area contributed by atoms with E-state index in [4.69, 9.17) is 22.7 Å². The average Bonchev–Trinajstić information content (AvgIpc) is 2.41. The van der Waals surface area contributed by atoms with E-state index in [9.17, 15) is 0 Å². The average molecular weight is 338 g/mol. The molecule has 0 aliphatic heterocycles. The number of rotatable bonds is 4. The fourth-order valence-corrected chi connectivity index (χ4v) is 2.05. The summed E-state index contributed by atoms with van der Waals surface area (Å²) in [5.74, 6) is 0.762. The number of nitrogens with two attached hydrogens (primary N) is 1. The highest BCUT2D eigenvalue weighted by molar-refractivity contribution is 9.10. The maximum atomic E-state index is 5.50. The number of halogens is 1. The lowest BCUT2D eigenvalue weighted by Crippen LogP contribution is -2.11. The van der Waals surface area contributed by atoms with E-state index >= 15 is 0 Å². The van der Waals surface area contributed by atoms with Crippen molar-refractivity contribution in [3.05, 3.63) is 46.7 Å². The van der Waals surface area contributed by atoms with Crippen LogP contribution in [0.15, 0.2) is 41.0 Å². The number of pyridine rings is 1. The molecule has 0 aliphatic rings. The van der Waals surface area contributed by atoms with E-state index in [0.29, 0.717) is 5.69 Å². The molecule has 1 aromatic heterocycles. The molecule has 1 aromatic carbocycles. The summed E-state index contributed by atoms with van der Waals surface area (Å²) in [7, 11) is 1.63. The van der Waals surface area contributed by atoms with Crippen molar-refractivity contribution < 1.29 is 4.74 Å². The molecule has 3 N–H and O–H groups in total. The normalized spacial score (nSPS) is 10.0. The molecule has 0 spiro atoms. The molecular weight excluding hydrogens is 326 g/mol. The van der Waals surface area contributed by atoms with Gasteiger partial charge < -0.3 is 15.8 Å². The SMILES string of the molecule is COc1cc(Nc2ccc(C(N)=S)nc2)ccc1Br. The van der Waals surface area contributed by atoms with Gasteiger partial charge in [0.1, 0.15) is 10.7 Å². The first-order chi connectivity index (χ1) is 9.10. The van der Waals surface area contributed by atoms with Crippen molar-refractivity contribution in [2.75, 3.05) is 12.4 Å². The Balaban J connectivity index is 2.19. The molecule has 2 rings (SSSR count). The molecule has 4 nitrogen and oxygen atoms in total. The zero-order valence-electron chi connectivity index (χ0n) is 10.2. The van der Waals surface area contributed by atoms with Gasteiger partial charge in [-0.25, -0.2) is 0 Å². The van der Waals surface area contributed by atoms with Crippen LogP contribution in [0.25, 0.3) is 0 Å². The molecule has 6 heteroatoms. The minimum atomic E-state index is 0.289. The van der Waals surface area contributed by atoms with E-state index in [1.807, 2.05) is 24.3 Å². The number of hydrogen-bond donors (Lipinski definition) is 2. The van der Waals surface area contributed by atoms with Crippen LogP contribution in [0.1, 0.15) is 5.69 Å². The van der Waals surface area contributed by atoms with Gasteiger partial charge in [0, 0.05) is 11.8 Å². The fourth-order valence-electron chi connectivity index (χ4n) is 1.52. The van der Waals surface area contributed by atoms with E-state index in [1.165, 1.54) is 0 Å². The first-order valence-corrected chi connectivity index (χ1v) is 6.66. The molecule has 0 fully saturated rings. The third-order valence-electron chi connectivity index (χ3n) is 2.46. The summed E-state index contributed by atoms with van der Waals surface area (Å²) in [5, 5.41) is 3.22. The lowest BCUT2D eigenvalue weighted by atomic mass is 10.2. The summed E-state index contributed by atoms with van der Waals surface area (Å²) < 4.78 is 6.14. The van der Waals surface area contributed by atoms with Crippen LogP contribution in [-0.2, 0) is 0 Å². The van der Waals surface area contributed by atoms with Gasteiger partial charge in [0.2, 0.25) is 0 Å². The molecule has 0 bridgehead atoms. The standard InChI is InChI=1S/C13H12BrN3OS/c1-18-12-6-8(2-4-10(12)14)17-9-3-5-11(13(15)19)16-7-9/h2-7,17H,1H3,(H2,15,19). The van der Waals surface area contributed by atoms with Crippen molar-refractivity contribution in [1.29, 1.82) is 0 Å². The van der Waals surface area contributed by atoms with E-state index in [1.54, 1.807) is 19.4 Å². The number of hydrogen-bond acceptors (Lipinski definition) is 4. The van der Waals surface area contributed by atoms with Gasteiger partial charge >= 0.3 is 0 Å². The Morgan fingerprint density at radius 3 is 2.63 bits per heavy atom. The first kappa shape index (κ1) is 13.8. The van der Waals surface area contributed by atoms with E-state index in [-0.39, 0.29) is 4.99 Å². The van der Waals surface area contributed by atoms with Crippen LogP contribution in [0, 0.1) is 0 Å². The highest BCUT2D eigenvalue weighted by atomic mass is 79.9. The zero-order valence-corrected chi connectivity index (χ0v) is 12.6. The zero-order chi connectivity index (χ0) is 13.8. The van der Waals surface area contributed by atoms with E-state index in [2.05, 4.69) is 26.2 Å². The second-order valence-electron chi connectivity index (χ2n) is 3.77. The van der Waals surface area contributed by atoms with Crippen LogP contribution in [0.2, 0.25) is 0 Å². The summed E-state index contributed by atoms with van der Waals surface area (Å²) in [6.45, 7) is 0. The number of nitrogens with one attached hydrogen (secondary N) is 1. The van der Waals surface area contributed by atoms with Crippen LogP contribution < -0.4 is 15.8 Å². The Bertz CT molecular complexity index is 601. The summed E-state index contributed by atoms with van der Waals surface area (Å²) in [5.41, 5.74) is 7.86. The molecule has 0 radical (unpaired) electrons. The molecule has 2 aromatic rings. The quantitative estimate of drug-likeness (QED) is 0.838. The minimum absolute atomic E-state index is 0.289. The lowest BCUT2D eigenvalue weighted by molar-refractivity contribution is 0.412. The summed E-state index contributed by atoms with van der Waals surface area (Å²) in [6, 6.07) is 9.40. The predicted molar refractivity (Wildman–Crippen MR) is 84.1 cm³/mol. The van der Waals surface area contributed by atoms with Crippen molar-refractivity contribution in [2.45, 2.75) is 0 Å². The predicted octanol–water partition coefficient (Wildman–Crippen LogP) is 3.23. The van der Waals surface area contributed by atoms with Crippen molar-refractivity contribution in [3.8, 4) is 5.75 Å². The third-order valence-corrected chi connectivity index (χ3v) is 3.32. The highest BCUT2D eigenvalue weighted by Crippen LogP contribution is 2.29. The van der Waals surface area contributed by atoms with Crippen molar-refractivity contribution in [2.24, 2.45) is 5.73 Å². The number of aromatic nitrogens is 1. The van der Waals surface area contributed by atoms with Gasteiger partial charge in [0.05, 0.1) is 29.2 Å². The fraction of sp³-hybridized carbons (Fsp3) is 0.0769. The van der Waals surface area contributed by atoms with E-state index < -0.39 is 0 Å². The smallest absolute Gasteiger partial charge is 0.135 e. The summed E-state index contributed by atoms with van der Waals surface area (Å²) in [6.07, 6.45) is 1.68. The molecule has 19 heavy (non-hydrogen) atoms. The van der Waals surface area contributed by atoms with Gasteiger partial charge in [-0.15, -0.1) is 0 Å². The second kappa shape index (κ2) is 5.99. The largest absolute Gasteiger partial charge is 0.495 e. The molecule has 1 heterocycles. The molecule has 0 unspecified atom stereocenters. The monoisotopic (exact) mass is 337 g/mol. The number of ether oxygens (including phenoxy) is 1. The molecule has 0 atom stereocenters. The third kappa shape index (κ3) is 3.42. The summed E-state index contributed by atoms with van der Waals surface area (Å²) in [4.78, 5) is 4.45. The molecule has 0 amide bonds. The van der Waals surface area contributed by atoms with Gasteiger partial charge in [-0.05, 0) is 40.2 Å². The molecule has 0 aliphatic carbocycles. The minimum Gasteiger partial charge on any atom is -0.495 e. The number of nitrogens with zero attached hydrogens (tertiary/aromatic N) is 1. The van der Waals surface area contributed by atoms with Crippen LogP contribution in [0.4, 0.5) is 11.4 Å². The van der Waals surface area contributed by atoms with Gasteiger partial charge in [-0.3, -0.25) is 4.98 Å². The van der Waals surface area contributed by atoms with Crippen molar-refractivity contribution in [1.82, 2.24) is 4.98 Å². The summed E-state index contributed by atoms with van der Waals surface area (Å²) >= 11 is 8.26. The molecule has 0 saturated carbocycles. The highest BCUT2D eigenvalue weighted by Gasteiger charge is 2.03. The second-order valence-corrected chi connectivity index (χ2v) is 5.06. The van der Waals surface area contributed by atoms with Crippen LogP contribution in [0.3, 0.4) is 0 Å². The van der Waals surface area contributed by atoms with Gasteiger partial charge in [0.15, 0.2) is 0 Å². The van der Waals surface area contributed by atoms with Crippen molar-refractivity contribution in [3.63, 3.8) is 0 Å². The molecule has 0 saturated heterocycles. The Morgan fingerprint density at radius 1 is 1.32 bits per heavy atom. The first-order valence-electron chi connectivity index (χ1n) is 5.46. The van der Waals surface area contributed by atoms with Gasteiger partial charge in [0.25, 0.3) is 0 Å². The van der Waals surface area contributed by atoms with Gasteiger partial charge in [-0.2, -0.15) is 0 Å². The molecule has 98 valence electrons. The van der Waals surface area contributed by atoms with Crippen LogP contribution in [-0.4, -0.2) is 17.1 Å². The lowest BCUT2D eigenvalue weighted by Gasteiger charge is -2.09. The number of methoxy groups -OCH3 is 1. The molecular formula is C13H12BrN3OS. The number of anilines is 2. The van der Waals surface area contributed by atoms with Crippen LogP contribution in [0.5, 0.6) is 5.75 Å². The Morgan fingerprint density at radius 2 is 2.05 bits per heavy atom. The number of benzene rings is 1. The Labute approximate surface area is 125 Å². The number of thiocarbonyl (C=S) groups is 1. The maximum absolute atomic E-state index is 5.50. The Kier molecular flexibility index (Phi) is 4.34. The van der Waals surface area contributed by atoms with Gasteiger partial charge in [-0.1, -0.05) is 12.2 Å².